The van der Waals surface area contributed by atoms with E-state index < -0.39 is 64.9 Å². The van der Waals surface area contributed by atoms with E-state index in [1.165, 1.54) is 23.5 Å². The third-order valence-electron chi connectivity index (χ3n) is 10.1. The molecule has 5 atom stereocenters. The predicted octanol–water partition coefficient (Wildman–Crippen LogP) is 2.31. The van der Waals surface area contributed by atoms with Gasteiger partial charge in [-0.2, -0.15) is 0 Å². The van der Waals surface area contributed by atoms with E-state index in [4.69, 9.17) is 6.42 Å². The molecule has 0 bridgehead atoms. The molecule has 1 saturated heterocycles. The molecule has 1 aromatic rings. The summed E-state index contributed by atoms with van der Waals surface area (Å²) in [6.07, 6.45) is 16.2. The van der Waals surface area contributed by atoms with Gasteiger partial charge < -0.3 is 26.2 Å². The lowest BCUT2D eigenvalue weighted by molar-refractivity contribution is -0.145. The second-order valence-electron chi connectivity index (χ2n) is 15.4. The number of nitrogens with one attached hydrogen (secondary N) is 4. The number of amides is 5. The van der Waals surface area contributed by atoms with Crippen molar-refractivity contribution in [2.24, 2.45) is 23.2 Å². The minimum Gasteiger partial charge on any atom is -0.347 e. The van der Waals surface area contributed by atoms with Crippen LogP contribution in [-0.4, -0.2) is 86.9 Å². The molecule has 2 aliphatic carbocycles. The third kappa shape index (κ3) is 10.1. The number of hydrogen-bond acceptors (Lipinski definition) is 8. The van der Waals surface area contributed by atoms with Crippen LogP contribution in [0.1, 0.15) is 109 Å². The number of carbonyl (C=O) groups is 6. The molecule has 13 heteroatoms. The van der Waals surface area contributed by atoms with Crippen LogP contribution in [0.15, 0.2) is 18.6 Å². The van der Waals surface area contributed by atoms with Gasteiger partial charge in [0.05, 0.1) is 12.2 Å². The van der Waals surface area contributed by atoms with Gasteiger partial charge in [-0.25, -0.2) is 4.98 Å². The molecular formula is C37H53N7O6. The molecule has 5 amide bonds. The van der Waals surface area contributed by atoms with E-state index in [0.717, 1.165) is 44.9 Å². The van der Waals surface area contributed by atoms with Gasteiger partial charge in [0.2, 0.25) is 23.5 Å². The monoisotopic (exact) mass is 691 g/mol. The fourth-order valence-electron chi connectivity index (χ4n) is 6.79. The highest BCUT2D eigenvalue weighted by molar-refractivity contribution is 6.38. The topological polar surface area (TPSA) is 180 Å². The van der Waals surface area contributed by atoms with Crippen LogP contribution >= 0.6 is 0 Å². The van der Waals surface area contributed by atoms with Crippen LogP contribution in [0, 0.1) is 35.5 Å². The van der Waals surface area contributed by atoms with Crippen LogP contribution in [0.3, 0.4) is 0 Å². The molecule has 2 saturated carbocycles. The van der Waals surface area contributed by atoms with E-state index in [0.29, 0.717) is 6.42 Å². The fraction of sp³-hybridized carbons (Fsp3) is 0.676. The van der Waals surface area contributed by atoms with E-state index in [9.17, 15) is 28.8 Å². The second-order valence-corrected chi connectivity index (χ2v) is 15.4. The van der Waals surface area contributed by atoms with E-state index in [1.54, 1.807) is 0 Å². The van der Waals surface area contributed by atoms with Gasteiger partial charge in [0, 0.05) is 31.4 Å². The zero-order valence-corrected chi connectivity index (χ0v) is 30.0. The maximum atomic E-state index is 14.5. The minimum atomic E-state index is -1.14. The molecule has 2 unspecified atom stereocenters. The maximum absolute atomic E-state index is 14.5. The van der Waals surface area contributed by atoms with Crippen molar-refractivity contribution in [3.05, 3.63) is 24.3 Å². The first-order chi connectivity index (χ1) is 23.7. The van der Waals surface area contributed by atoms with Crippen LogP contribution in [0.2, 0.25) is 0 Å². The van der Waals surface area contributed by atoms with Crippen LogP contribution in [0.5, 0.6) is 0 Å². The predicted molar refractivity (Wildman–Crippen MR) is 186 cm³/mol. The molecule has 50 heavy (non-hydrogen) atoms. The Hall–Kier alpha value is -4.34. The van der Waals surface area contributed by atoms with Gasteiger partial charge in [0.15, 0.2) is 0 Å². The molecule has 4 rings (SSSR count). The van der Waals surface area contributed by atoms with E-state index in [-0.39, 0.29) is 48.9 Å². The molecule has 272 valence electrons. The average molecular weight is 692 g/mol. The second kappa shape index (κ2) is 17.1. The largest absolute Gasteiger partial charge is 0.347 e. The number of hydrogen-bond donors (Lipinski definition) is 4. The van der Waals surface area contributed by atoms with Crippen LogP contribution in [-0.2, 0) is 24.0 Å². The number of likely N-dealkylation sites (tertiary alicyclic amines) is 1. The van der Waals surface area contributed by atoms with Gasteiger partial charge in [0.1, 0.15) is 23.8 Å². The Bertz CT molecular complexity index is 1440. The van der Waals surface area contributed by atoms with Gasteiger partial charge >= 0.3 is 0 Å². The highest BCUT2D eigenvalue weighted by Crippen LogP contribution is 2.33. The Morgan fingerprint density at radius 1 is 0.960 bits per heavy atom. The molecule has 13 nitrogen and oxygen atoms in total. The molecular weight excluding hydrogens is 638 g/mol. The Balaban J connectivity index is 1.56. The van der Waals surface area contributed by atoms with Crippen molar-refractivity contribution in [2.75, 3.05) is 6.54 Å². The summed E-state index contributed by atoms with van der Waals surface area (Å²) in [7, 11) is 0. The van der Waals surface area contributed by atoms with Crippen LogP contribution in [0.25, 0.3) is 0 Å². The zero-order chi connectivity index (χ0) is 36.6. The summed E-state index contributed by atoms with van der Waals surface area (Å²) in [6.45, 7) is 9.82. The summed E-state index contributed by atoms with van der Waals surface area (Å²) in [6, 6.07) is -4.06. The maximum Gasteiger partial charge on any atom is 0.289 e. The fourth-order valence-corrected chi connectivity index (χ4v) is 6.79. The quantitative estimate of drug-likeness (QED) is 0.170. The van der Waals surface area contributed by atoms with Gasteiger partial charge in [-0.15, -0.1) is 12.3 Å². The Morgan fingerprint density at radius 3 is 2.24 bits per heavy atom. The minimum absolute atomic E-state index is 0.0229. The van der Waals surface area contributed by atoms with Gasteiger partial charge in [0.25, 0.3) is 11.8 Å². The lowest BCUT2D eigenvalue weighted by Crippen LogP contribution is -2.62. The summed E-state index contributed by atoms with van der Waals surface area (Å²) >= 11 is 0. The van der Waals surface area contributed by atoms with Crippen molar-refractivity contribution in [3.63, 3.8) is 0 Å². The first-order valence-corrected chi connectivity index (χ1v) is 18.0. The van der Waals surface area contributed by atoms with Gasteiger partial charge in [-0.3, -0.25) is 33.8 Å². The SMILES string of the molecule is C#CCCC(NC(=O)[C@@H]1CC(C(C)C)CN1C(=O)[C@@H](NC(=O)[C@@H](NC(=O)c1cnccn1)C1CCCCC1)C(C)(C)C)C(=O)C(=O)NC1CC1. The zero-order valence-electron chi connectivity index (χ0n) is 30.0. The van der Waals surface area contributed by atoms with Crippen molar-refractivity contribution in [1.82, 2.24) is 36.1 Å². The molecule has 2 heterocycles. The Labute approximate surface area is 295 Å². The Morgan fingerprint density at radius 2 is 1.66 bits per heavy atom. The standard InChI is InChI=1S/C37H53N7O6/c1-7-8-14-26(30(45)35(49)40-25-15-16-25)41-33(47)28-19-24(22(2)3)21-44(28)36(50)31(37(4,5)6)43-34(48)29(23-12-10-9-11-13-23)42-32(46)27-20-38-17-18-39-27/h1,17-18,20,22-26,28-29,31H,8-16,19,21H2,2-6H3,(H,40,49)(H,41,47)(H,42,46)(H,43,48)/t24?,26?,28-,29-,31+/m0/s1. The summed E-state index contributed by atoms with van der Waals surface area (Å²) in [5.74, 6) is -1.08. The molecule has 0 spiro atoms. The molecule has 0 aromatic carbocycles. The number of aromatic nitrogens is 2. The van der Waals surface area contributed by atoms with Gasteiger partial charge in [-0.05, 0) is 61.7 Å². The van der Waals surface area contributed by atoms with Crippen molar-refractivity contribution in [1.29, 1.82) is 0 Å². The van der Waals surface area contributed by atoms with Crippen molar-refractivity contribution in [2.45, 2.75) is 129 Å². The molecule has 4 N–H and O–H groups in total. The van der Waals surface area contributed by atoms with Crippen LogP contribution in [0.4, 0.5) is 0 Å². The average Bonchev–Trinajstić information content (AvgIpc) is 3.79. The number of nitrogens with zero attached hydrogens (tertiary/aromatic N) is 3. The number of ketones is 1. The lowest BCUT2D eigenvalue weighted by atomic mass is 9.82. The Kier molecular flexibility index (Phi) is 13.1. The van der Waals surface area contributed by atoms with Crippen LogP contribution < -0.4 is 21.3 Å². The number of Topliss-reactive ketones (excluding diaryl/α,β-unsaturated/α-hetero) is 1. The summed E-state index contributed by atoms with van der Waals surface area (Å²) in [5.41, 5.74) is -0.693. The highest BCUT2D eigenvalue weighted by Gasteiger charge is 2.47. The van der Waals surface area contributed by atoms with E-state index >= 15 is 0 Å². The number of carbonyl (C=O) groups excluding carboxylic acids is 6. The summed E-state index contributed by atoms with van der Waals surface area (Å²) in [5, 5.41) is 11.3. The molecule has 0 radical (unpaired) electrons. The van der Waals surface area contributed by atoms with Gasteiger partial charge in [-0.1, -0.05) is 53.9 Å². The lowest BCUT2D eigenvalue weighted by Gasteiger charge is -2.37. The normalized spacial score (nSPS) is 21.3. The van der Waals surface area contributed by atoms with Crippen molar-refractivity contribution in [3.8, 4) is 12.3 Å². The summed E-state index contributed by atoms with van der Waals surface area (Å²) in [4.78, 5) is 91.1. The van der Waals surface area contributed by atoms with E-state index in [1.807, 2.05) is 34.6 Å². The molecule has 3 aliphatic rings. The number of terminal acetylenes is 1. The third-order valence-corrected chi connectivity index (χ3v) is 10.1. The van der Waals surface area contributed by atoms with Crippen molar-refractivity contribution < 1.29 is 28.8 Å². The molecule has 3 fully saturated rings. The first-order valence-electron chi connectivity index (χ1n) is 18.0. The first kappa shape index (κ1) is 38.5. The van der Waals surface area contributed by atoms with E-state index in [2.05, 4.69) is 37.2 Å². The summed E-state index contributed by atoms with van der Waals surface area (Å²) < 4.78 is 0. The number of rotatable bonds is 14. The molecule has 1 aromatic heterocycles. The van der Waals surface area contributed by atoms with Crippen molar-refractivity contribution >= 4 is 35.3 Å². The molecule has 1 aliphatic heterocycles. The smallest absolute Gasteiger partial charge is 0.289 e. The highest BCUT2D eigenvalue weighted by atomic mass is 16.2.